The number of ether oxygens (including phenoxy) is 2. The van der Waals surface area contributed by atoms with Gasteiger partial charge in [-0.1, -0.05) is 23.7 Å². The van der Waals surface area contributed by atoms with Gasteiger partial charge in [0.1, 0.15) is 5.60 Å². The van der Waals surface area contributed by atoms with Crippen LogP contribution in [0.15, 0.2) is 41.2 Å². The Kier molecular flexibility index (Phi) is 5.68. The van der Waals surface area contributed by atoms with E-state index >= 15 is 0 Å². The molecule has 0 spiro atoms. The van der Waals surface area contributed by atoms with E-state index in [1.54, 1.807) is 0 Å². The molecule has 0 aliphatic carbocycles. The van der Waals surface area contributed by atoms with E-state index in [0.29, 0.717) is 11.6 Å². The number of H-pyrrole nitrogens is 1. The van der Waals surface area contributed by atoms with Crippen molar-refractivity contribution in [3.8, 4) is 11.5 Å². The van der Waals surface area contributed by atoms with Gasteiger partial charge in [0.05, 0.1) is 17.6 Å². The molecular weight excluding hydrogens is 426 g/mol. The highest BCUT2D eigenvalue weighted by atomic mass is 35.5. The molecule has 32 heavy (non-hydrogen) atoms. The van der Waals surface area contributed by atoms with E-state index in [9.17, 15) is 4.79 Å². The largest absolute Gasteiger partial charge is 0.490 e. The summed E-state index contributed by atoms with van der Waals surface area (Å²) in [6.07, 6.45) is 3.73. The summed E-state index contributed by atoms with van der Waals surface area (Å²) in [5, 5.41) is 0.689. The van der Waals surface area contributed by atoms with Crippen LogP contribution in [0, 0.1) is 0 Å². The number of para-hydroxylation sites is 2. The number of benzene rings is 2. The Morgan fingerprint density at radius 3 is 2.81 bits per heavy atom. The van der Waals surface area contributed by atoms with Gasteiger partial charge in [-0.2, -0.15) is 0 Å². The van der Waals surface area contributed by atoms with E-state index in [1.807, 2.05) is 41.0 Å². The lowest BCUT2D eigenvalue weighted by Gasteiger charge is -2.32. The predicted molar refractivity (Wildman–Crippen MR) is 127 cm³/mol. The normalized spacial score (nSPS) is 18.6. The van der Waals surface area contributed by atoms with Crippen LogP contribution in [0.5, 0.6) is 11.5 Å². The quantitative estimate of drug-likeness (QED) is 0.542. The Balaban J connectivity index is 1.13. The van der Waals surface area contributed by atoms with Crippen molar-refractivity contribution in [1.29, 1.82) is 0 Å². The van der Waals surface area contributed by atoms with Gasteiger partial charge in [-0.3, -0.25) is 4.57 Å². The predicted octanol–water partition coefficient (Wildman–Crippen LogP) is 4.80. The summed E-state index contributed by atoms with van der Waals surface area (Å²) in [6.45, 7) is 7.74. The number of imidazole rings is 1. The summed E-state index contributed by atoms with van der Waals surface area (Å²) < 4.78 is 14.1. The molecule has 0 saturated carbocycles. The van der Waals surface area contributed by atoms with Gasteiger partial charge >= 0.3 is 5.69 Å². The molecule has 170 valence electrons. The number of nitrogens with zero attached hydrogens (tertiary/aromatic N) is 2. The van der Waals surface area contributed by atoms with E-state index in [-0.39, 0.29) is 17.3 Å². The number of rotatable bonds is 6. The van der Waals surface area contributed by atoms with Crippen molar-refractivity contribution < 1.29 is 9.47 Å². The number of likely N-dealkylation sites (tertiary alicyclic amines) is 1. The zero-order valence-electron chi connectivity index (χ0n) is 18.7. The second kappa shape index (κ2) is 8.49. The first-order valence-electron chi connectivity index (χ1n) is 11.5. The molecule has 1 aromatic heterocycles. The molecular formula is C25H30ClN3O3. The number of hydrogen-bond donors (Lipinski definition) is 1. The third-order valence-corrected chi connectivity index (χ3v) is 6.73. The number of aromatic nitrogens is 2. The SMILES string of the molecule is CC1(C)Cc2cc(Cl)cc(OCCCN3CCC(n4c(=O)[nH]c5ccccc54)CC3)c2O1. The fourth-order valence-corrected chi connectivity index (χ4v) is 5.29. The number of piperidine rings is 1. The van der Waals surface area contributed by atoms with Crippen molar-refractivity contribution in [3.05, 3.63) is 57.5 Å². The van der Waals surface area contributed by atoms with Crippen molar-refractivity contribution in [1.82, 2.24) is 14.5 Å². The number of nitrogens with one attached hydrogen (secondary N) is 1. The average molecular weight is 456 g/mol. The van der Waals surface area contributed by atoms with Crippen LogP contribution in [0.4, 0.5) is 0 Å². The van der Waals surface area contributed by atoms with Crippen molar-refractivity contribution in [2.24, 2.45) is 0 Å². The molecule has 5 rings (SSSR count). The van der Waals surface area contributed by atoms with Crippen LogP contribution in [0.3, 0.4) is 0 Å². The molecule has 0 radical (unpaired) electrons. The Hall–Kier alpha value is -2.44. The zero-order valence-corrected chi connectivity index (χ0v) is 19.5. The van der Waals surface area contributed by atoms with E-state index in [1.165, 1.54) is 0 Å². The summed E-state index contributed by atoms with van der Waals surface area (Å²) in [5.74, 6) is 1.58. The first-order chi connectivity index (χ1) is 15.4. The Morgan fingerprint density at radius 2 is 2.00 bits per heavy atom. The van der Waals surface area contributed by atoms with Crippen LogP contribution in [0.25, 0.3) is 11.0 Å². The van der Waals surface area contributed by atoms with Gasteiger partial charge in [-0.05, 0) is 51.3 Å². The minimum atomic E-state index is -0.220. The highest BCUT2D eigenvalue weighted by molar-refractivity contribution is 6.30. The molecule has 2 aromatic carbocycles. The minimum absolute atomic E-state index is 0.00231. The van der Waals surface area contributed by atoms with E-state index < -0.39 is 0 Å². The van der Waals surface area contributed by atoms with E-state index in [2.05, 4.69) is 23.7 Å². The number of hydrogen-bond acceptors (Lipinski definition) is 4. The molecule has 2 aliphatic heterocycles. The molecule has 2 aliphatic rings. The lowest BCUT2D eigenvalue weighted by atomic mass is 10.0. The van der Waals surface area contributed by atoms with Gasteiger partial charge in [-0.15, -0.1) is 0 Å². The maximum atomic E-state index is 12.5. The van der Waals surface area contributed by atoms with Gasteiger partial charge < -0.3 is 19.4 Å². The Morgan fingerprint density at radius 1 is 1.22 bits per heavy atom. The smallest absolute Gasteiger partial charge is 0.326 e. The third-order valence-electron chi connectivity index (χ3n) is 6.51. The van der Waals surface area contributed by atoms with Crippen LogP contribution in [0.2, 0.25) is 5.02 Å². The summed E-state index contributed by atoms with van der Waals surface area (Å²) in [5.41, 5.74) is 2.81. The van der Waals surface area contributed by atoms with Crippen molar-refractivity contribution >= 4 is 22.6 Å². The highest BCUT2D eigenvalue weighted by Gasteiger charge is 2.33. The lowest BCUT2D eigenvalue weighted by Crippen LogP contribution is -2.37. The monoisotopic (exact) mass is 455 g/mol. The fourth-order valence-electron chi connectivity index (χ4n) is 5.06. The second-order valence-electron chi connectivity index (χ2n) is 9.52. The second-order valence-corrected chi connectivity index (χ2v) is 9.96. The van der Waals surface area contributed by atoms with Gasteiger partial charge in [-0.25, -0.2) is 4.79 Å². The number of fused-ring (bicyclic) bond motifs is 2. The molecule has 1 fully saturated rings. The molecule has 3 heterocycles. The Labute approximate surface area is 193 Å². The molecule has 1 saturated heterocycles. The van der Waals surface area contributed by atoms with Crippen molar-refractivity contribution in [2.45, 2.75) is 51.2 Å². The van der Waals surface area contributed by atoms with Crippen LogP contribution in [0.1, 0.15) is 44.7 Å². The summed E-state index contributed by atoms with van der Waals surface area (Å²) in [7, 11) is 0. The van der Waals surface area contributed by atoms with Gasteiger partial charge in [0.15, 0.2) is 11.5 Å². The van der Waals surface area contributed by atoms with Gasteiger partial charge in [0.2, 0.25) is 0 Å². The highest BCUT2D eigenvalue weighted by Crippen LogP contribution is 2.43. The lowest BCUT2D eigenvalue weighted by molar-refractivity contribution is 0.130. The summed E-state index contributed by atoms with van der Waals surface area (Å²) >= 11 is 6.29. The van der Waals surface area contributed by atoms with Crippen LogP contribution >= 0.6 is 11.6 Å². The molecule has 7 heteroatoms. The molecule has 3 aromatic rings. The third kappa shape index (κ3) is 4.26. The van der Waals surface area contributed by atoms with Gasteiger partial charge in [0, 0.05) is 48.7 Å². The van der Waals surface area contributed by atoms with E-state index in [0.717, 1.165) is 73.4 Å². The number of aromatic amines is 1. The number of halogens is 1. The molecule has 6 nitrogen and oxygen atoms in total. The Bertz CT molecular complexity index is 1170. The average Bonchev–Trinajstić information content (AvgIpc) is 3.25. The molecule has 0 atom stereocenters. The minimum Gasteiger partial charge on any atom is -0.490 e. The topological polar surface area (TPSA) is 59.5 Å². The van der Waals surface area contributed by atoms with Crippen LogP contribution < -0.4 is 15.2 Å². The first kappa shape index (κ1) is 21.4. The molecule has 0 unspecified atom stereocenters. The maximum absolute atomic E-state index is 12.5. The zero-order chi connectivity index (χ0) is 22.3. The summed E-state index contributed by atoms with van der Waals surface area (Å²) in [4.78, 5) is 17.9. The van der Waals surface area contributed by atoms with Crippen molar-refractivity contribution in [2.75, 3.05) is 26.2 Å². The standard InChI is InChI=1S/C25H30ClN3O3/c1-25(2)16-17-14-18(26)15-22(23(17)32-25)31-13-5-10-28-11-8-19(9-12-28)29-21-7-4-3-6-20(21)27-24(29)30/h3-4,6-7,14-15,19H,5,8-13,16H2,1-2H3,(H,27,30). The molecule has 0 bridgehead atoms. The van der Waals surface area contributed by atoms with Crippen LogP contribution in [-0.4, -0.2) is 46.3 Å². The summed E-state index contributed by atoms with van der Waals surface area (Å²) in [6, 6.07) is 12.0. The fraction of sp³-hybridized carbons (Fsp3) is 0.480. The van der Waals surface area contributed by atoms with Crippen molar-refractivity contribution in [3.63, 3.8) is 0 Å². The molecule has 0 amide bonds. The first-order valence-corrected chi connectivity index (χ1v) is 11.8. The van der Waals surface area contributed by atoms with E-state index in [4.69, 9.17) is 21.1 Å². The molecule has 1 N–H and O–H groups in total. The van der Waals surface area contributed by atoms with Crippen LogP contribution in [-0.2, 0) is 6.42 Å². The maximum Gasteiger partial charge on any atom is 0.326 e. The van der Waals surface area contributed by atoms with Gasteiger partial charge in [0.25, 0.3) is 0 Å².